The van der Waals surface area contributed by atoms with E-state index in [0.717, 1.165) is 31.3 Å². The SMILES string of the molecule is CCCCN(C)S(=O)(=O)N1CCC[C@@H]1c1nnc2ccccn12. The molecule has 0 unspecified atom stereocenters. The van der Waals surface area contributed by atoms with Gasteiger partial charge in [0.2, 0.25) is 0 Å². The molecule has 23 heavy (non-hydrogen) atoms. The fourth-order valence-electron chi connectivity index (χ4n) is 3.04. The highest BCUT2D eigenvalue weighted by Gasteiger charge is 2.39. The number of hydrogen-bond acceptors (Lipinski definition) is 4. The molecule has 1 aliphatic heterocycles. The molecule has 0 amide bonds. The molecule has 0 aromatic carbocycles. The number of aromatic nitrogens is 3. The summed E-state index contributed by atoms with van der Waals surface area (Å²) in [5.41, 5.74) is 0.742. The summed E-state index contributed by atoms with van der Waals surface area (Å²) in [6.45, 7) is 3.13. The predicted octanol–water partition coefficient (Wildman–Crippen LogP) is 1.84. The molecule has 3 rings (SSSR count). The first-order valence-electron chi connectivity index (χ1n) is 8.08. The standard InChI is InChI=1S/C15H23N5O2S/c1-3-4-10-18(2)23(21,22)20-12-7-8-13(20)15-17-16-14-9-5-6-11-19(14)15/h5-6,9,11,13H,3-4,7-8,10,12H2,1-2H3/t13-/m1/s1. The van der Waals surface area contributed by atoms with E-state index in [9.17, 15) is 8.42 Å². The predicted molar refractivity (Wildman–Crippen MR) is 88.1 cm³/mol. The fourth-order valence-corrected chi connectivity index (χ4v) is 4.64. The van der Waals surface area contributed by atoms with Crippen molar-refractivity contribution in [3.8, 4) is 0 Å². The summed E-state index contributed by atoms with van der Waals surface area (Å²) < 4.78 is 30.7. The number of hydrogen-bond donors (Lipinski definition) is 0. The fraction of sp³-hybridized carbons (Fsp3) is 0.600. The Hall–Kier alpha value is -1.51. The van der Waals surface area contributed by atoms with Gasteiger partial charge in [0.25, 0.3) is 10.2 Å². The summed E-state index contributed by atoms with van der Waals surface area (Å²) in [6.07, 6.45) is 5.33. The molecular weight excluding hydrogens is 314 g/mol. The number of pyridine rings is 1. The third kappa shape index (κ3) is 2.98. The first kappa shape index (κ1) is 16.4. The lowest BCUT2D eigenvalue weighted by atomic mass is 10.2. The Bertz CT molecular complexity index is 773. The second kappa shape index (κ2) is 6.54. The van der Waals surface area contributed by atoms with E-state index >= 15 is 0 Å². The highest BCUT2D eigenvalue weighted by molar-refractivity contribution is 7.86. The molecule has 0 spiro atoms. The number of unbranched alkanes of at least 4 members (excludes halogenated alkanes) is 1. The van der Waals surface area contributed by atoms with Gasteiger partial charge in [0, 0.05) is 26.3 Å². The van der Waals surface area contributed by atoms with Gasteiger partial charge in [-0.15, -0.1) is 10.2 Å². The van der Waals surface area contributed by atoms with Crippen LogP contribution >= 0.6 is 0 Å². The van der Waals surface area contributed by atoms with E-state index in [1.165, 1.54) is 4.31 Å². The van der Waals surface area contributed by atoms with Crippen molar-refractivity contribution in [3.05, 3.63) is 30.2 Å². The lowest BCUT2D eigenvalue weighted by Crippen LogP contribution is -2.42. The Morgan fingerprint density at radius 2 is 2.17 bits per heavy atom. The van der Waals surface area contributed by atoms with E-state index in [1.54, 1.807) is 11.4 Å². The molecule has 0 radical (unpaired) electrons. The van der Waals surface area contributed by atoms with E-state index < -0.39 is 10.2 Å². The number of nitrogens with zero attached hydrogens (tertiary/aromatic N) is 5. The Labute approximate surface area is 137 Å². The molecule has 126 valence electrons. The second-order valence-corrected chi connectivity index (χ2v) is 7.93. The topological polar surface area (TPSA) is 70.8 Å². The first-order chi connectivity index (χ1) is 11.1. The molecule has 1 saturated heterocycles. The second-order valence-electron chi connectivity index (χ2n) is 5.94. The molecule has 0 aliphatic carbocycles. The van der Waals surface area contributed by atoms with E-state index in [1.807, 2.05) is 28.8 Å². The molecular formula is C15H23N5O2S. The lowest BCUT2D eigenvalue weighted by Gasteiger charge is -2.28. The first-order valence-corrected chi connectivity index (χ1v) is 9.48. The van der Waals surface area contributed by atoms with Crippen LogP contribution in [-0.2, 0) is 10.2 Å². The zero-order chi connectivity index (χ0) is 16.4. The summed E-state index contributed by atoms with van der Waals surface area (Å²) in [5, 5.41) is 8.40. The Balaban J connectivity index is 1.91. The maximum atomic E-state index is 12.9. The van der Waals surface area contributed by atoms with Crippen molar-refractivity contribution >= 4 is 15.9 Å². The average Bonchev–Trinajstić information content (AvgIpc) is 3.18. The largest absolute Gasteiger partial charge is 0.285 e. The molecule has 1 atom stereocenters. The summed E-state index contributed by atoms with van der Waals surface area (Å²) in [7, 11) is -1.81. The van der Waals surface area contributed by atoms with Gasteiger partial charge in [-0.25, -0.2) is 0 Å². The van der Waals surface area contributed by atoms with E-state index in [2.05, 4.69) is 17.1 Å². The minimum atomic E-state index is -3.47. The highest BCUT2D eigenvalue weighted by atomic mass is 32.2. The average molecular weight is 337 g/mol. The van der Waals surface area contributed by atoms with Gasteiger partial charge in [-0.1, -0.05) is 19.4 Å². The molecule has 1 fully saturated rings. The van der Waals surface area contributed by atoms with Gasteiger partial charge in [0.05, 0.1) is 6.04 Å². The molecule has 7 nitrogen and oxygen atoms in total. The molecule has 3 heterocycles. The van der Waals surface area contributed by atoms with Gasteiger partial charge in [0.1, 0.15) is 0 Å². The van der Waals surface area contributed by atoms with Crippen molar-refractivity contribution in [2.24, 2.45) is 0 Å². The van der Waals surface area contributed by atoms with Crippen LogP contribution in [0.4, 0.5) is 0 Å². The maximum absolute atomic E-state index is 12.9. The van der Waals surface area contributed by atoms with Crippen LogP contribution in [0.15, 0.2) is 24.4 Å². The van der Waals surface area contributed by atoms with Crippen LogP contribution in [0.1, 0.15) is 44.5 Å². The summed E-state index contributed by atoms with van der Waals surface area (Å²) in [5.74, 6) is 0.700. The molecule has 8 heteroatoms. The monoisotopic (exact) mass is 337 g/mol. The van der Waals surface area contributed by atoms with E-state index in [0.29, 0.717) is 18.9 Å². The molecule has 2 aromatic rings. The van der Waals surface area contributed by atoms with Gasteiger partial charge < -0.3 is 0 Å². The van der Waals surface area contributed by atoms with Gasteiger partial charge in [-0.2, -0.15) is 17.0 Å². The van der Waals surface area contributed by atoms with Crippen LogP contribution in [-0.4, -0.2) is 51.8 Å². The minimum Gasteiger partial charge on any atom is -0.285 e. The van der Waals surface area contributed by atoms with E-state index in [-0.39, 0.29) is 6.04 Å². The molecule has 2 aromatic heterocycles. The third-order valence-electron chi connectivity index (χ3n) is 4.36. The van der Waals surface area contributed by atoms with Crippen molar-refractivity contribution in [2.45, 2.75) is 38.6 Å². The molecule has 0 N–H and O–H groups in total. The summed E-state index contributed by atoms with van der Waals surface area (Å²) >= 11 is 0. The summed E-state index contributed by atoms with van der Waals surface area (Å²) in [6, 6.07) is 5.43. The Morgan fingerprint density at radius 3 is 2.96 bits per heavy atom. The van der Waals surface area contributed by atoms with Crippen molar-refractivity contribution < 1.29 is 8.42 Å². The van der Waals surface area contributed by atoms with Gasteiger partial charge in [-0.3, -0.25) is 4.40 Å². The van der Waals surface area contributed by atoms with Crippen LogP contribution in [0.2, 0.25) is 0 Å². The number of rotatable bonds is 6. The maximum Gasteiger partial charge on any atom is 0.282 e. The van der Waals surface area contributed by atoms with Gasteiger partial charge in [0.15, 0.2) is 11.5 Å². The molecule has 1 aliphatic rings. The van der Waals surface area contributed by atoms with Crippen molar-refractivity contribution in [1.82, 2.24) is 23.2 Å². The molecule has 0 saturated carbocycles. The van der Waals surface area contributed by atoms with Gasteiger partial charge in [-0.05, 0) is 31.4 Å². The van der Waals surface area contributed by atoms with E-state index in [4.69, 9.17) is 0 Å². The molecule has 0 bridgehead atoms. The van der Waals surface area contributed by atoms with Crippen LogP contribution in [0.5, 0.6) is 0 Å². The Morgan fingerprint density at radius 1 is 1.35 bits per heavy atom. The highest BCUT2D eigenvalue weighted by Crippen LogP contribution is 2.34. The third-order valence-corrected chi connectivity index (χ3v) is 6.36. The minimum absolute atomic E-state index is 0.249. The van der Waals surface area contributed by atoms with Crippen LogP contribution in [0, 0.1) is 0 Å². The zero-order valence-electron chi connectivity index (χ0n) is 13.6. The van der Waals surface area contributed by atoms with Crippen LogP contribution in [0.3, 0.4) is 0 Å². The lowest BCUT2D eigenvalue weighted by molar-refractivity contribution is 0.336. The normalized spacial score (nSPS) is 19.9. The quantitative estimate of drug-likeness (QED) is 0.806. The summed E-state index contributed by atoms with van der Waals surface area (Å²) in [4.78, 5) is 0. The van der Waals surface area contributed by atoms with Crippen LogP contribution < -0.4 is 0 Å². The van der Waals surface area contributed by atoms with Crippen molar-refractivity contribution in [1.29, 1.82) is 0 Å². The smallest absolute Gasteiger partial charge is 0.282 e. The number of fused-ring (bicyclic) bond motifs is 1. The Kier molecular flexibility index (Phi) is 4.65. The van der Waals surface area contributed by atoms with Crippen molar-refractivity contribution in [3.63, 3.8) is 0 Å². The van der Waals surface area contributed by atoms with Gasteiger partial charge >= 0.3 is 0 Å². The van der Waals surface area contributed by atoms with Crippen LogP contribution in [0.25, 0.3) is 5.65 Å². The zero-order valence-corrected chi connectivity index (χ0v) is 14.4. The van der Waals surface area contributed by atoms with Crippen molar-refractivity contribution in [2.75, 3.05) is 20.1 Å².